The van der Waals surface area contributed by atoms with E-state index in [9.17, 15) is 8.78 Å². The van der Waals surface area contributed by atoms with Gasteiger partial charge in [0.1, 0.15) is 11.6 Å². The second-order valence-corrected chi connectivity index (χ2v) is 3.89. The van der Waals surface area contributed by atoms with Crippen LogP contribution in [-0.4, -0.2) is 38.8 Å². The van der Waals surface area contributed by atoms with Crippen molar-refractivity contribution in [3.05, 3.63) is 35.4 Å². The zero-order valence-corrected chi connectivity index (χ0v) is 10.1. The van der Waals surface area contributed by atoms with E-state index < -0.39 is 11.6 Å². The van der Waals surface area contributed by atoms with Gasteiger partial charge in [-0.15, -0.1) is 0 Å². The number of hydrogen-bond donors (Lipinski definition) is 1. The van der Waals surface area contributed by atoms with Gasteiger partial charge >= 0.3 is 0 Å². The quantitative estimate of drug-likeness (QED) is 0.825. The van der Waals surface area contributed by atoms with Crippen molar-refractivity contribution >= 4 is 0 Å². The lowest BCUT2D eigenvalue weighted by Gasteiger charge is -2.27. The molecule has 0 amide bonds. The van der Waals surface area contributed by atoms with E-state index in [0.29, 0.717) is 18.7 Å². The fraction of sp³-hybridized carbons (Fsp3) is 0.500. The molecule has 3 nitrogen and oxygen atoms in total. The fourth-order valence-electron chi connectivity index (χ4n) is 1.71. The first-order valence-corrected chi connectivity index (χ1v) is 5.44. The number of benzene rings is 1. The molecule has 1 unspecified atom stereocenters. The lowest BCUT2D eigenvalue weighted by Crippen LogP contribution is -2.33. The first-order chi connectivity index (χ1) is 8.10. The summed E-state index contributed by atoms with van der Waals surface area (Å²) in [6.45, 7) is 1.44. The number of nitrogens with zero attached hydrogens (tertiary/aromatic N) is 1. The Labute approximate surface area is 100 Å². The van der Waals surface area contributed by atoms with E-state index in [1.54, 1.807) is 7.11 Å². The Hall–Kier alpha value is -1.04. The van der Waals surface area contributed by atoms with Gasteiger partial charge in [-0.3, -0.25) is 4.90 Å². The molecule has 1 atom stereocenters. The molecule has 2 N–H and O–H groups in total. The molecule has 0 aliphatic carbocycles. The highest BCUT2D eigenvalue weighted by Gasteiger charge is 2.19. The Morgan fingerprint density at radius 2 is 2.12 bits per heavy atom. The summed E-state index contributed by atoms with van der Waals surface area (Å²) in [5.41, 5.74) is 6.05. The standard InChI is InChI=1S/C12H18F2N2O/c1-16(5-6-17-2)12(8-15)10-4-3-9(13)7-11(10)14/h3-4,7,12H,5-6,8,15H2,1-2H3. The summed E-state index contributed by atoms with van der Waals surface area (Å²) in [6, 6.07) is 3.28. The summed E-state index contributed by atoms with van der Waals surface area (Å²) in [5.74, 6) is -1.15. The van der Waals surface area contributed by atoms with Crippen LogP contribution >= 0.6 is 0 Å². The molecule has 0 spiro atoms. The molecular formula is C12H18F2N2O. The molecule has 0 bridgehead atoms. The second kappa shape index (κ2) is 6.64. The molecule has 0 aliphatic rings. The average Bonchev–Trinajstić information content (AvgIpc) is 2.30. The summed E-state index contributed by atoms with van der Waals surface area (Å²) in [4.78, 5) is 1.89. The van der Waals surface area contributed by atoms with Crippen LogP contribution in [0.1, 0.15) is 11.6 Å². The summed E-state index contributed by atoms with van der Waals surface area (Å²) in [7, 11) is 3.43. The SMILES string of the molecule is COCCN(C)C(CN)c1ccc(F)cc1F. The van der Waals surface area contributed by atoms with Gasteiger partial charge in [-0.1, -0.05) is 6.07 Å². The Morgan fingerprint density at radius 1 is 1.41 bits per heavy atom. The maximum atomic E-state index is 13.6. The number of rotatable bonds is 6. The highest BCUT2D eigenvalue weighted by atomic mass is 19.1. The van der Waals surface area contributed by atoms with Crippen molar-refractivity contribution in [3.8, 4) is 0 Å². The van der Waals surface area contributed by atoms with E-state index in [4.69, 9.17) is 10.5 Å². The predicted octanol–water partition coefficient (Wildman–Crippen LogP) is 1.54. The third-order valence-electron chi connectivity index (χ3n) is 2.72. The van der Waals surface area contributed by atoms with Crippen LogP contribution in [0.5, 0.6) is 0 Å². The lowest BCUT2D eigenvalue weighted by atomic mass is 10.0. The zero-order chi connectivity index (χ0) is 12.8. The topological polar surface area (TPSA) is 38.5 Å². The van der Waals surface area contributed by atoms with E-state index in [0.717, 1.165) is 6.07 Å². The van der Waals surface area contributed by atoms with Gasteiger partial charge < -0.3 is 10.5 Å². The van der Waals surface area contributed by atoms with Crippen LogP contribution in [0.4, 0.5) is 8.78 Å². The smallest absolute Gasteiger partial charge is 0.130 e. The number of likely N-dealkylation sites (N-methyl/N-ethyl adjacent to an activating group) is 1. The lowest BCUT2D eigenvalue weighted by molar-refractivity contribution is 0.139. The summed E-state index contributed by atoms with van der Waals surface area (Å²) in [5, 5.41) is 0. The van der Waals surface area contributed by atoms with E-state index >= 15 is 0 Å². The van der Waals surface area contributed by atoms with Crippen molar-refractivity contribution in [1.29, 1.82) is 0 Å². The number of hydrogen-bond acceptors (Lipinski definition) is 3. The first kappa shape index (κ1) is 14.0. The van der Waals surface area contributed by atoms with Gasteiger partial charge in [0.25, 0.3) is 0 Å². The van der Waals surface area contributed by atoms with Crippen molar-refractivity contribution in [3.63, 3.8) is 0 Å². The minimum Gasteiger partial charge on any atom is -0.383 e. The Balaban J connectivity index is 2.85. The number of methoxy groups -OCH3 is 1. The van der Waals surface area contributed by atoms with Crippen LogP contribution in [-0.2, 0) is 4.74 Å². The van der Waals surface area contributed by atoms with Crippen LogP contribution in [0.3, 0.4) is 0 Å². The maximum absolute atomic E-state index is 13.6. The molecule has 0 saturated carbocycles. The van der Waals surface area contributed by atoms with E-state index in [2.05, 4.69) is 0 Å². The molecular weight excluding hydrogens is 226 g/mol. The Morgan fingerprint density at radius 3 is 2.65 bits per heavy atom. The number of halogens is 2. The molecule has 96 valence electrons. The normalized spacial score (nSPS) is 13.1. The maximum Gasteiger partial charge on any atom is 0.130 e. The van der Waals surface area contributed by atoms with Gasteiger partial charge in [0.05, 0.1) is 6.61 Å². The minimum atomic E-state index is -0.582. The van der Waals surface area contributed by atoms with Crippen LogP contribution in [0.25, 0.3) is 0 Å². The zero-order valence-electron chi connectivity index (χ0n) is 10.1. The highest BCUT2D eigenvalue weighted by Crippen LogP contribution is 2.21. The molecule has 17 heavy (non-hydrogen) atoms. The molecule has 1 rings (SSSR count). The highest BCUT2D eigenvalue weighted by molar-refractivity contribution is 5.22. The van der Waals surface area contributed by atoms with Gasteiger partial charge in [0.2, 0.25) is 0 Å². The van der Waals surface area contributed by atoms with Gasteiger partial charge in [-0.2, -0.15) is 0 Å². The molecule has 1 aromatic rings. The molecule has 0 heterocycles. The molecule has 0 radical (unpaired) electrons. The summed E-state index contributed by atoms with van der Waals surface area (Å²) < 4.78 is 31.4. The fourth-order valence-corrected chi connectivity index (χ4v) is 1.71. The van der Waals surface area contributed by atoms with Gasteiger partial charge in [-0.25, -0.2) is 8.78 Å². The van der Waals surface area contributed by atoms with Gasteiger partial charge in [0.15, 0.2) is 0 Å². The Kier molecular flexibility index (Phi) is 5.47. The van der Waals surface area contributed by atoms with Crippen molar-refractivity contribution in [2.45, 2.75) is 6.04 Å². The number of nitrogens with two attached hydrogens (primary N) is 1. The molecule has 0 aromatic heterocycles. The molecule has 0 aliphatic heterocycles. The van der Waals surface area contributed by atoms with Crippen molar-refractivity contribution in [2.24, 2.45) is 5.73 Å². The molecule has 5 heteroatoms. The van der Waals surface area contributed by atoms with E-state index in [1.807, 2.05) is 11.9 Å². The second-order valence-electron chi connectivity index (χ2n) is 3.89. The Bertz CT molecular complexity index is 360. The summed E-state index contributed by atoms with van der Waals surface area (Å²) in [6.07, 6.45) is 0. The van der Waals surface area contributed by atoms with E-state index in [-0.39, 0.29) is 12.6 Å². The van der Waals surface area contributed by atoms with Crippen LogP contribution in [0.15, 0.2) is 18.2 Å². The van der Waals surface area contributed by atoms with Crippen molar-refractivity contribution in [1.82, 2.24) is 4.90 Å². The predicted molar refractivity (Wildman–Crippen MR) is 62.7 cm³/mol. The largest absolute Gasteiger partial charge is 0.383 e. The third-order valence-corrected chi connectivity index (χ3v) is 2.72. The van der Waals surface area contributed by atoms with Crippen LogP contribution in [0, 0.1) is 11.6 Å². The first-order valence-electron chi connectivity index (χ1n) is 5.44. The molecule has 0 fully saturated rings. The average molecular weight is 244 g/mol. The minimum absolute atomic E-state index is 0.267. The molecule has 1 aromatic carbocycles. The van der Waals surface area contributed by atoms with Gasteiger partial charge in [-0.05, 0) is 13.1 Å². The van der Waals surface area contributed by atoms with E-state index in [1.165, 1.54) is 12.1 Å². The van der Waals surface area contributed by atoms with Crippen LogP contribution < -0.4 is 5.73 Å². The monoisotopic (exact) mass is 244 g/mol. The van der Waals surface area contributed by atoms with Gasteiger partial charge in [0, 0.05) is 37.9 Å². The number of ether oxygens (including phenoxy) is 1. The molecule has 0 saturated heterocycles. The van der Waals surface area contributed by atoms with Crippen LogP contribution in [0.2, 0.25) is 0 Å². The summed E-state index contributed by atoms with van der Waals surface area (Å²) >= 11 is 0. The van der Waals surface area contributed by atoms with Crippen molar-refractivity contribution in [2.75, 3.05) is 33.9 Å². The van der Waals surface area contributed by atoms with Crippen molar-refractivity contribution < 1.29 is 13.5 Å². The third kappa shape index (κ3) is 3.73.